The number of aromatic amines is 1. The molecular formula is C19H21N5O3. The van der Waals surface area contributed by atoms with Crippen molar-refractivity contribution in [3.05, 3.63) is 41.9 Å². The maximum Gasteiger partial charge on any atom is 0.257 e. The van der Waals surface area contributed by atoms with E-state index in [-0.39, 0.29) is 11.8 Å². The molecule has 1 aromatic carbocycles. The number of piperidine rings is 1. The Morgan fingerprint density at radius 3 is 2.89 bits per heavy atom. The number of nitrogens with zero attached hydrogens (tertiary/aromatic N) is 4. The lowest BCUT2D eigenvalue weighted by molar-refractivity contribution is 0.0702. The number of aromatic nitrogens is 4. The first-order valence-corrected chi connectivity index (χ1v) is 8.87. The number of fused-ring (bicyclic) bond motifs is 1. The predicted molar refractivity (Wildman–Crippen MR) is 99.1 cm³/mol. The fourth-order valence-electron chi connectivity index (χ4n) is 3.60. The summed E-state index contributed by atoms with van der Waals surface area (Å²) in [5.41, 5.74) is 2.86. The molecule has 4 rings (SSSR count). The van der Waals surface area contributed by atoms with Crippen molar-refractivity contribution in [2.24, 2.45) is 0 Å². The molecule has 0 bridgehead atoms. The number of H-pyrrole nitrogens is 1. The number of amides is 1. The molecule has 2 aromatic heterocycles. The molecule has 0 saturated carbocycles. The molecule has 140 valence electrons. The summed E-state index contributed by atoms with van der Waals surface area (Å²) in [6, 6.07) is 5.25. The molecule has 1 amide bonds. The molecule has 1 unspecified atom stereocenters. The number of hydrogen-bond acceptors (Lipinski definition) is 6. The number of carbonyl (C=O) groups is 1. The first-order chi connectivity index (χ1) is 13.2. The molecule has 3 heterocycles. The Hall–Kier alpha value is -3.16. The highest BCUT2D eigenvalue weighted by Crippen LogP contribution is 2.31. The van der Waals surface area contributed by atoms with Crippen molar-refractivity contribution in [1.29, 1.82) is 0 Å². The van der Waals surface area contributed by atoms with Crippen LogP contribution in [0.3, 0.4) is 0 Å². The second kappa shape index (κ2) is 7.22. The summed E-state index contributed by atoms with van der Waals surface area (Å²) >= 11 is 0. The van der Waals surface area contributed by atoms with Gasteiger partial charge in [0.2, 0.25) is 0 Å². The van der Waals surface area contributed by atoms with Crippen molar-refractivity contribution in [1.82, 2.24) is 25.1 Å². The summed E-state index contributed by atoms with van der Waals surface area (Å²) in [6.45, 7) is 1.31. The van der Waals surface area contributed by atoms with Crippen molar-refractivity contribution >= 4 is 17.1 Å². The number of likely N-dealkylation sites (tertiary alicyclic amines) is 1. The average molecular weight is 367 g/mol. The molecular weight excluding hydrogens is 346 g/mol. The van der Waals surface area contributed by atoms with Gasteiger partial charge in [-0.1, -0.05) is 0 Å². The lowest BCUT2D eigenvalue weighted by atomic mass is 9.93. The van der Waals surface area contributed by atoms with E-state index in [1.54, 1.807) is 44.8 Å². The van der Waals surface area contributed by atoms with Gasteiger partial charge in [0.15, 0.2) is 5.65 Å². The van der Waals surface area contributed by atoms with E-state index in [1.165, 1.54) is 0 Å². The van der Waals surface area contributed by atoms with Crippen LogP contribution in [0.15, 0.2) is 30.6 Å². The zero-order valence-corrected chi connectivity index (χ0v) is 15.3. The van der Waals surface area contributed by atoms with Gasteiger partial charge in [0.05, 0.1) is 25.5 Å². The van der Waals surface area contributed by atoms with Gasteiger partial charge < -0.3 is 14.4 Å². The number of carbonyl (C=O) groups excluding carboxylic acids is 1. The fourth-order valence-corrected chi connectivity index (χ4v) is 3.60. The zero-order valence-electron chi connectivity index (χ0n) is 15.3. The average Bonchev–Trinajstić information content (AvgIpc) is 3.17. The van der Waals surface area contributed by atoms with E-state index in [2.05, 4.69) is 20.2 Å². The molecule has 3 aromatic rings. The van der Waals surface area contributed by atoms with Gasteiger partial charge in [0.1, 0.15) is 17.0 Å². The summed E-state index contributed by atoms with van der Waals surface area (Å²) < 4.78 is 10.6. The van der Waals surface area contributed by atoms with Gasteiger partial charge in [0, 0.05) is 37.5 Å². The molecule has 1 saturated heterocycles. The van der Waals surface area contributed by atoms with Crippen molar-refractivity contribution in [2.45, 2.75) is 18.8 Å². The van der Waals surface area contributed by atoms with Crippen LogP contribution in [-0.4, -0.2) is 58.3 Å². The molecule has 1 atom stereocenters. The molecule has 8 nitrogen and oxygen atoms in total. The molecule has 27 heavy (non-hydrogen) atoms. The topological polar surface area (TPSA) is 93.2 Å². The minimum atomic E-state index is -0.0471. The van der Waals surface area contributed by atoms with E-state index in [0.29, 0.717) is 35.8 Å². The Morgan fingerprint density at radius 1 is 1.22 bits per heavy atom. The molecule has 0 radical (unpaired) electrons. The Bertz CT molecular complexity index is 971. The lowest BCUT2D eigenvalue weighted by Crippen LogP contribution is -2.39. The van der Waals surface area contributed by atoms with Crippen LogP contribution in [-0.2, 0) is 0 Å². The van der Waals surface area contributed by atoms with Crippen LogP contribution in [0.2, 0.25) is 0 Å². The van der Waals surface area contributed by atoms with Gasteiger partial charge in [-0.05, 0) is 25.0 Å². The van der Waals surface area contributed by atoms with E-state index in [0.717, 1.165) is 24.1 Å². The standard InChI is InChI=1S/C19H21N5O3/c1-26-13-5-6-14(15(10-13)27-2)19(25)24-9-3-4-12(11-24)16-17-18(23-22-16)21-8-7-20-17/h5-8,10,12H,3-4,9,11H2,1-2H3,(H,21,22,23). The van der Waals surface area contributed by atoms with Crippen LogP contribution in [0.4, 0.5) is 0 Å². The smallest absolute Gasteiger partial charge is 0.257 e. The number of hydrogen-bond donors (Lipinski definition) is 1. The largest absolute Gasteiger partial charge is 0.497 e. The number of ether oxygens (including phenoxy) is 2. The van der Waals surface area contributed by atoms with Crippen LogP contribution >= 0.6 is 0 Å². The first-order valence-electron chi connectivity index (χ1n) is 8.87. The molecule has 0 aliphatic carbocycles. The van der Waals surface area contributed by atoms with Crippen LogP contribution in [0.5, 0.6) is 11.5 Å². The van der Waals surface area contributed by atoms with Gasteiger partial charge >= 0.3 is 0 Å². The third kappa shape index (κ3) is 3.18. The van der Waals surface area contributed by atoms with Crippen molar-refractivity contribution in [3.8, 4) is 11.5 Å². The summed E-state index contributed by atoms with van der Waals surface area (Å²) in [7, 11) is 3.14. The SMILES string of the molecule is COc1ccc(C(=O)N2CCCC(c3[nH]nc4nccnc34)C2)c(OC)c1. The normalized spacial score (nSPS) is 17.1. The summed E-state index contributed by atoms with van der Waals surface area (Å²) in [4.78, 5) is 23.6. The van der Waals surface area contributed by atoms with Gasteiger partial charge in [-0.15, -0.1) is 0 Å². The van der Waals surface area contributed by atoms with E-state index >= 15 is 0 Å². The molecule has 1 fully saturated rings. The zero-order chi connectivity index (χ0) is 18.8. The second-order valence-corrected chi connectivity index (χ2v) is 6.52. The summed E-state index contributed by atoms with van der Waals surface area (Å²) in [5, 5.41) is 7.30. The van der Waals surface area contributed by atoms with Crippen molar-refractivity contribution in [3.63, 3.8) is 0 Å². The van der Waals surface area contributed by atoms with Crippen LogP contribution in [0.25, 0.3) is 11.2 Å². The van der Waals surface area contributed by atoms with Gasteiger partial charge in [-0.25, -0.2) is 9.97 Å². The van der Waals surface area contributed by atoms with Crippen LogP contribution in [0.1, 0.15) is 34.8 Å². The number of nitrogens with one attached hydrogen (secondary N) is 1. The monoisotopic (exact) mass is 367 g/mol. The maximum atomic E-state index is 13.1. The quantitative estimate of drug-likeness (QED) is 0.761. The maximum absolute atomic E-state index is 13.1. The number of benzene rings is 1. The Balaban J connectivity index is 1.59. The van der Waals surface area contributed by atoms with E-state index < -0.39 is 0 Å². The summed E-state index contributed by atoms with van der Waals surface area (Å²) in [6.07, 6.45) is 5.17. The summed E-state index contributed by atoms with van der Waals surface area (Å²) in [5.74, 6) is 1.27. The lowest BCUT2D eigenvalue weighted by Gasteiger charge is -2.32. The second-order valence-electron chi connectivity index (χ2n) is 6.52. The van der Waals surface area contributed by atoms with Gasteiger partial charge in [-0.3, -0.25) is 9.89 Å². The molecule has 1 aliphatic rings. The number of rotatable bonds is 4. The van der Waals surface area contributed by atoms with Gasteiger partial charge in [-0.2, -0.15) is 5.10 Å². The third-order valence-electron chi connectivity index (χ3n) is 4.97. The highest BCUT2D eigenvalue weighted by atomic mass is 16.5. The fraction of sp³-hybridized carbons (Fsp3) is 0.368. The highest BCUT2D eigenvalue weighted by Gasteiger charge is 2.29. The molecule has 8 heteroatoms. The number of methoxy groups -OCH3 is 2. The van der Waals surface area contributed by atoms with Crippen molar-refractivity contribution < 1.29 is 14.3 Å². The van der Waals surface area contributed by atoms with Crippen LogP contribution in [0, 0.1) is 0 Å². The van der Waals surface area contributed by atoms with Crippen LogP contribution < -0.4 is 9.47 Å². The Kier molecular flexibility index (Phi) is 4.62. The minimum absolute atomic E-state index is 0.0471. The van der Waals surface area contributed by atoms with E-state index in [4.69, 9.17) is 9.47 Å². The Labute approximate surface area is 156 Å². The first kappa shape index (κ1) is 17.3. The third-order valence-corrected chi connectivity index (χ3v) is 4.97. The van der Waals surface area contributed by atoms with Crippen molar-refractivity contribution in [2.75, 3.05) is 27.3 Å². The molecule has 1 N–H and O–H groups in total. The van der Waals surface area contributed by atoms with E-state index in [9.17, 15) is 4.79 Å². The molecule has 1 aliphatic heterocycles. The molecule has 0 spiro atoms. The predicted octanol–water partition coefficient (Wildman–Crippen LogP) is 2.39. The van der Waals surface area contributed by atoms with E-state index in [1.807, 2.05) is 4.90 Å². The minimum Gasteiger partial charge on any atom is -0.497 e. The van der Waals surface area contributed by atoms with Gasteiger partial charge in [0.25, 0.3) is 5.91 Å². The Morgan fingerprint density at radius 2 is 2.07 bits per heavy atom. The highest BCUT2D eigenvalue weighted by molar-refractivity contribution is 5.97.